The Balaban J connectivity index is 2.07. The topological polar surface area (TPSA) is 120 Å². The second kappa shape index (κ2) is 4.87. The van der Waals surface area contributed by atoms with Gasteiger partial charge in [0.2, 0.25) is 5.13 Å². The SMILES string of the molecule is Nc1cc2c(c(S(=O)(=O)Nc3nnns3)c1)OCCC2. The second-order valence-corrected chi connectivity index (χ2v) is 6.62. The van der Waals surface area contributed by atoms with E-state index < -0.39 is 10.0 Å². The molecule has 1 aliphatic heterocycles. The van der Waals surface area contributed by atoms with Crippen molar-refractivity contribution in [2.75, 3.05) is 17.1 Å². The van der Waals surface area contributed by atoms with Gasteiger partial charge < -0.3 is 10.5 Å². The highest BCUT2D eigenvalue weighted by atomic mass is 32.2. The number of fused-ring (bicyclic) bond motifs is 1. The molecular formula is C10H11N5O3S2. The zero-order valence-electron chi connectivity index (χ0n) is 10.2. The molecule has 1 aliphatic rings. The van der Waals surface area contributed by atoms with Gasteiger partial charge in [0.15, 0.2) is 0 Å². The summed E-state index contributed by atoms with van der Waals surface area (Å²) in [4.78, 5) is 0.0161. The monoisotopic (exact) mass is 313 g/mol. The minimum absolute atomic E-state index is 0.0161. The summed E-state index contributed by atoms with van der Waals surface area (Å²) in [5.41, 5.74) is 6.95. The van der Waals surface area contributed by atoms with Gasteiger partial charge >= 0.3 is 0 Å². The molecule has 10 heteroatoms. The molecule has 0 saturated heterocycles. The number of aromatic nitrogens is 3. The van der Waals surface area contributed by atoms with Crippen molar-refractivity contribution >= 4 is 32.4 Å². The number of nitrogens with two attached hydrogens (primary N) is 1. The fourth-order valence-corrected chi connectivity index (χ4v) is 3.82. The minimum Gasteiger partial charge on any atom is -0.492 e. The highest BCUT2D eigenvalue weighted by molar-refractivity contribution is 7.93. The van der Waals surface area contributed by atoms with Crippen LogP contribution >= 0.6 is 11.5 Å². The third kappa shape index (κ3) is 2.39. The highest BCUT2D eigenvalue weighted by Gasteiger charge is 2.26. The van der Waals surface area contributed by atoms with Crippen LogP contribution in [0.1, 0.15) is 12.0 Å². The van der Waals surface area contributed by atoms with Crippen molar-refractivity contribution in [3.05, 3.63) is 17.7 Å². The van der Waals surface area contributed by atoms with Crippen LogP contribution in [0, 0.1) is 0 Å². The zero-order chi connectivity index (χ0) is 14.2. The lowest BCUT2D eigenvalue weighted by atomic mass is 10.1. The number of hydrogen-bond acceptors (Lipinski definition) is 8. The van der Waals surface area contributed by atoms with Gasteiger partial charge in [-0.1, -0.05) is 9.59 Å². The molecule has 20 heavy (non-hydrogen) atoms. The first kappa shape index (κ1) is 13.1. The van der Waals surface area contributed by atoms with Gasteiger partial charge in [-0.05, 0) is 35.8 Å². The van der Waals surface area contributed by atoms with Crippen molar-refractivity contribution < 1.29 is 13.2 Å². The van der Waals surface area contributed by atoms with Gasteiger partial charge in [-0.15, -0.1) is 0 Å². The Hall–Kier alpha value is -1.94. The van der Waals surface area contributed by atoms with Gasteiger partial charge in [-0.3, -0.25) is 4.72 Å². The summed E-state index contributed by atoms with van der Waals surface area (Å²) in [6, 6.07) is 3.11. The molecule has 3 rings (SSSR count). The van der Waals surface area contributed by atoms with Crippen molar-refractivity contribution in [2.45, 2.75) is 17.7 Å². The number of nitrogen functional groups attached to an aromatic ring is 1. The number of rotatable bonds is 3. The maximum absolute atomic E-state index is 12.4. The first-order chi connectivity index (χ1) is 9.56. The summed E-state index contributed by atoms with van der Waals surface area (Å²) in [6.07, 6.45) is 1.58. The molecule has 0 atom stereocenters. The third-order valence-electron chi connectivity index (χ3n) is 2.80. The molecule has 0 bridgehead atoms. The normalized spacial score (nSPS) is 14.4. The van der Waals surface area contributed by atoms with E-state index in [1.807, 2.05) is 0 Å². The van der Waals surface area contributed by atoms with E-state index in [0.717, 1.165) is 29.9 Å². The van der Waals surface area contributed by atoms with E-state index in [1.165, 1.54) is 6.07 Å². The summed E-state index contributed by atoms with van der Waals surface area (Å²) in [5.74, 6) is 0.357. The van der Waals surface area contributed by atoms with Gasteiger partial charge in [-0.25, -0.2) is 8.42 Å². The predicted octanol–water partition coefficient (Wildman–Crippen LogP) is 0.641. The van der Waals surface area contributed by atoms with Crippen LogP contribution in [0.2, 0.25) is 0 Å². The standard InChI is InChI=1S/C10H11N5O3S2/c11-7-4-6-2-1-3-18-9(6)8(5-7)20(16,17)13-10-12-14-15-19-10/h4-5H,1-3,11H2,(H,12,13,15). The van der Waals surface area contributed by atoms with E-state index in [-0.39, 0.29) is 10.0 Å². The summed E-state index contributed by atoms with van der Waals surface area (Å²) >= 11 is 0.851. The number of hydrogen-bond donors (Lipinski definition) is 2. The molecule has 0 spiro atoms. The van der Waals surface area contributed by atoms with E-state index >= 15 is 0 Å². The quantitative estimate of drug-likeness (QED) is 0.798. The molecule has 1 aromatic carbocycles. The highest BCUT2D eigenvalue weighted by Crippen LogP contribution is 2.35. The van der Waals surface area contributed by atoms with Crippen molar-refractivity contribution in [3.8, 4) is 5.75 Å². The number of ether oxygens (including phenoxy) is 1. The van der Waals surface area contributed by atoms with E-state index in [0.29, 0.717) is 18.0 Å². The van der Waals surface area contributed by atoms with Crippen molar-refractivity contribution in [1.82, 2.24) is 14.8 Å². The Morgan fingerprint density at radius 3 is 3.00 bits per heavy atom. The van der Waals surface area contributed by atoms with Crippen LogP contribution in [0.15, 0.2) is 17.0 Å². The van der Waals surface area contributed by atoms with Crippen LogP contribution in [0.3, 0.4) is 0 Å². The van der Waals surface area contributed by atoms with E-state index in [1.54, 1.807) is 6.07 Å². The molecule has 3 N–H and O–H groups in total. The lowest BCUT2D eigenvalue weighted by molar-refractivity contribution is 0.280. The van der Waals surface area contributed by atoms with Gasteiger partial charge in [0, 0.05) is 17.2 Å². The molecule has 1 aromatic heterocycles. The molecule has 0 saturated carbocycles. The summed E-state index contributed by atoms with van der Waals surface area (Å²) < 4.78 is 36.1. The largest absolute Gasteiger partial charge is 0.492 e. The van der Waals surface area contributed by atoms with Crippen LogP contribution in [0.25, 0.3) is 0 Å². The molecule has 2 aromatic rings. The molecular weight excluding hydrogens is 302 g/mol. The van der Waals surface area contributed by atoms with Crippen molar-refractivity contribution in [1.29, 1.82) is 0 Å². The van der Waals surface area contributed by atoms with Crippen molar-refractivity contribution in [3.63, 3.8) is 0 Å². The Labute approximate surface area is 119 Å². The lowest BCUT2D eigenvalue weighted by Crippen LogP contribution is -2.18. The number of sulfonamides is 1. The van der Waals surface area contributed by atoms with E-state index in [4.69, 9.17) is 10.5 Å². The summed E-state index contributed by atoms with van der Waals surface area (Å²) in [7, 11) is -3.83. The van der Waals surface area contributed by atoms with Gasteiger partial charge in [-0.2, -0.15) is 0 Å². The minimum atomic E-state index is -3.83. The van der Waals surface area contributed by atoms with Gasteiger partial charge in [0.25, 0.3) is 10.0 Å². The fourth-order valence-electron chi connectivity index (χ4n) is 2.01. The average molecular weight is 313 g/mol. The average Bonchev–Trinajstić information content (AvgIpc) is 2.89. The molecule has 0 unspecified atom stereocenters. The van der Waals surface area contributed by atoms with E-state index in [2.05, 4.69) is 19.5 Å². The van der Waals surface area contributed by atoms with E-state index in [9.17, 15) is 8.42 Å². The third-order valence-corrected chi connectivity index (χ3v) is 4.79. The van der Waals surface area contributed by atoms with Gasteiger partial charge in [0.05, 0.1) is 6.61 Å². The molecule has 106 valence electrons. The Kier molecular flexibility index (Phi) is 3.18. The molecule has 2 heterocycles. The van der Waals surface area contributed by atoms with Crippen LogP contribution in [-0.4, -0.2) is 29.8 Å². The molecule has 8 nitrogen and oxygen atoms in total. The van der Waals surface area contributed by atoms with Gasteiger partial charge in [0.1, 0.15) is 10.6 Å². The number of nitrogens with zero attached hydrogens (tertiary/aromatic N) is 3. The van der Waals surface area contributed by atoms with Crippen LogP contribution < -0.4 is 15.2 Å². The van der Waals surface area contributed by atoms with Crippen LogP contribution in [-0.2, 0) is 16.4 Å². The maximum Gasteiger partial charge on any atom is 0.267 e. The van der Waals surface area contributed by atoms with Crippen LogP contribution in [0.5, 0.6) is 5.75 Å². The zero-order valence-corrected chi connectivity index (χ0v) is 11.9. The summed E-state index contributed by atoms with van der Waals surface area (Å²) in [5, 5.41) is 6.99. The van der Waals surface area contributed by atoms with Crippen LogP contribution in [0.4, 0.5) is 10.8 Å². The Morgan fingerprint density at radius 2 is 2.25 bits per heavy atom. The molecule has 0 aliphatic carbocycles. The maximum atomic E-state index is 12.4. The second-order valence-electron chi connectivity index (χ2n) is 4.23. The number of aryl methyl sites for hydroxylation is 1. The Morgan fingerprint density at radius 1 is 1.40 bits per heavy atom. The lowest BCUT2D eigenvalue weighted by Gasteiger charge is -2.20. The molecule has 0 fully saturated rings. The van der Waals surface area contributed by atoms with Crippen molar-refractivity contribution in [2.24, 2.45) is 0 Å². The number of anilines is 2. The molecule has 0 radical (unpaired) electrons. The number of nitrogens with one attached hydrogen (secondary N) is 1. The number of benzene rings is 1. The smallest absolute Gasteiger partial charge is 0.267 e. The Bertz CT molecular complexity index is 730. The predicted molar refractivity (Wildman–Crippen MR) is 73.2 cm³/mol. The fraction of sp³-hybridized carbons (Fsp3) is 0.300. The first-order valence-corrected chi connectivity index (χ1v) is 8.05. The molecule has 0 amide bonds. The first-order valence-electron chi connectivity index (χ1n) is 5.79. The summed E-state index contributed by atoms with van der Waals surface area (Å²) in [6.45, 7) is 0.486.